The Bertz CT molecular complexity index is 551. The molecule has 1 heterocycles. The molecule has 2 aromatic rings. The predicted octanol–water partition coefficient (Wildman–Crippen LogP) is 4.42. The first kappa shape index (κ1) is 12.5. The molecule has 0 aliphatic heterocycles. The first-order valence-electron chi connectivity index (χ1n) is 5.20. The number of nitrogens with zero attached hydrogens (tertiary/aromatic N) is 1. The molecule has 0 aliphatic rings. The van der Waals surface area contributed by atoms with Gasteiger partial charge in [-0.25, -0.2) is 9.37 Å². The van der Waals surface area contributed by atoms with Gasteiger partial charge in [0.2, 0.25) is 0 Å². The SMILES string of the molecule is CC(C)c1nc(-c2cc(F)ccc2Br)c(N)s1. The zero-order chi connectivity index (χ0) is 12.6. The number of aromatic nitrogens is 1. The number of hydrogen-bond acceptors (Lipinski definition) is 3. The second-order valence-electron chi connectivity index (χ2n) is 4.04. The number of anilines is 1. The second kappa shape index (κ2) is 4.74. The third kappa shape index (κ3) is 2.50. The van der Waals surface area contributed by atoms with E-state index < -0.39 is 0 Å². The fraction of sp³-hybridized carbons (Fsp3) is 0.250. The molecule has 1 aromatic heterocycles. The van der Waals surface area contributed by atoms with Crippen LogP contribution in [0.25, 0.3) is 11.3 Å². The molecule has 0 fully saturated rings. The Morgan fingerprint density at radius 3 is 2.71 bits per heavy atom. The summed E-state index contributed by atoms with van der Waals surface area (Å²) >= 11 is 4.85. The monoisotopic (exact) mass is 314 g/mol. The lowest BCUT2D eigenvalue weighted by Crippen LogP contribution is -1.89. The number of nitrogens with two attached hydrogens (primary N) is 1. The summed E-state index contributed by atoms with van der Waals surface area (Å²) in [4.78, 5) is 4.48. The van der Waals surface area contributed by atoms with Gasteiger partial charge >= 0.3 is 0 Å². The zero-order valence-electron chi connectivity index (χ0n) is 9.50. The van der Waals surface area contributed by atoms with Crippen molar-refractivity contribution in [2.75, 3.05) is 5.73 Å². The summed E-state index contributed by atoms with van der Waals surface area (Å²) in [6.45, 7) is 4.12. The van der Waals surface area contributed by atoms with Crippen LogP contribution >= 0.6 is 27.3 Å². The minimum Gasteiger partial charge on any atom is -0.389 e. The maximum Gasteiger partial charge on any atom is 0.123 e. The van der Waals surface area contributed by atoms with E-state index in [1.165, 1.54) is 23.5 Å². The van der Waals surface area contributed by atoms with Crippen LogP contribution in [0.15, 0.2) is 22.7 Å². The third-order valence-electron chi connectivity index (χ3n) is 2.35. The highest BCUT2D eigenvalue weighted by Crippen LogP contribution is 2.37. The van der Waals surface area contributed by atoms with Crippen LogP contribution in [0, 0.1) is 5.82 Å². The minimum atomic E-state index is -0.290. The van der Waals surface area contributed by atoms with Gasteiger partial charge in [0.05, 0.1) is 5.01 Å². The van der Waals surface area contributed by atoms with Gasteiger partial charge in [-0.15, -0.1) is 11.3 Å². The highest BCUT2D eigenvalue weighted by Gasteiger charge is 2.15. The summed E-state index contributed by atoms with van der Waals surface area (Å²) in [5.74, 6) is 0.0325. The van der Waals surface area contributed by atoms with Gasteiger partial charge in [0.25, 0.3) is 0 Å². The summed E-state index contributed by atoms with van der Waals surface area (Å²) in [6.07, 6.45) is 0. The summed E-state index contributed by atoms with van der Waals surface area (Å²) in [7, 11) is 0. The lowest BCUT2D eigenvalue weighted by atomic mass is 10.1. The van der Waals surface area contributed by atoms with Gasteiger partial charge in [-0.05, 0) is 18.2 Å². The molecule has 0 saturated carbocycles. The van der Waals surface area contributed by atoms with E-state index in [4.69, 9.17) is 5.73 Å². The molecule has 2 rings (SSSR count). The van der Waals surface area contributed by atoms with Crippen LogP contribution in [-0.4, -0.2) is 4.98 Å². The van der Waals surface area contributed by atoms with Crippen molar-refractivity contribution in [1.82, 2.24) is 4.98 Å². The van der Waals surface area contributed by atoms with Gasteiger partial charge in [0.15, 0.2) is 0 Å². The Hall–Kier alpha value is -0.940. The molecule has 1 aromatic carbocycles. The Kier molecular flexibility index (Phi) is 3.49. The van der Waals surface area contributed by atoms with Gasteiger partial charge in [0.1, 0.15) is 16.5 Å². The van der Waals surface area contributed by atoms with E-state index in [0.29, 0.717) is 22.2 Å². The fourth-order valence-electron chi connectivity index (χ4n) is 1.47. The van der Waals surface area contributed by atoms with Crippen molar-refractivity contribution in [2.45, 2.75) is 19.8 Å². The Morgan fingerprint density at radius 1 is 1.41 bits per heavy atom. The highest BCUT2D eigenvalue weighted by atomic mass is 79.9. The van der Waals surface area contributed by atoms with Crippen molar-refractivity contribution in [1.29, 1.82) is 0 Å². The Labute approximate surface area is 112 Å². The molecule has 0 saturated heterocycles. The van der Waals surface area contributed by atoms with Crippen LogP contribution in [-0.2, 0) is 0 Å². The van der Waals surface area contributed by atoms with Crippen molar-refractivity contribution >= 4 is 32.3 Å². The fourth-order valence-corrected chi connectivity index (χ4v) is 2.75. The lowest BCUT2D eigenvalue weighted by Gasteiger charge is -2.02. The van der Waals surface area contributed by atoms with E-state index in [1.807, 2.05) is 0 Å². The molecule has 0 aliphatic carbocycles. The first-order chi connectivity index (χ1) is 7.99. The molecule has 90 valence electrons. The van der Waals surface area contributed by atoms with E-state index in [1.54, 1.807) is 6.07 Å². The molecule has 5 heteroatoms. The van der Waals surface area contributed by atoms with Crippen molar-refractivity contribution in [3.8, 4) is 11.3 Å². The molecule has 2 N–H and O–H groups in total. The van der Waals surface area contributed by atoms with Crippen LogP contribution in [0.2, 0.25) is 0 Å². The molecule has 17 heavy (non-hydrogen) atoms. The number of halogens is 2. The maximum absolute atomic E-state index is 13.2. The Morgan fingerprint density at radius 2 is 2.12 bits per heavy atom. The van der Waals surface area contributed by atoms with E-state index in [2.05, 4.69) is 34.8 Å². The molecular weight excluding hydrogens is 303 g/mol. The minimum absolute atomic E-state index is 0.290. The highest BCUT2D eigenvalue weighted by molar-refractivity contribution is 9.10. The van der Waals surface area contributed by atoms with Crippen molar-refractivity contribution in [3.63, 3.8) is 0 Å². The van der Waals surface area contributed by atoms with Crippen LogP contribution in [0.1, 0.15) is 24.8 Å². The number of benzene rings is 1. The topological polar surface area (TPSA) is 38.9 Å². The van der Waals surface area contributed by atoms with E-state index in [-0.39, 0.29) is 5.82 Å². The molecule has 2 nitrogen and oxygen atoms in total. The van der Waals surface area contributed by atoms with Gasteiger partial charge in [-0.3, -0.25) is 0 Å². The van der Waals surface area contributed by atoms with Gasteiger partial charge < -0.3 is 5.73 Å². The summed E-state index contributed by atoms with van der Waals surface area (Å²) in [6, 6.07) is 4.51. The largest absolute Gasteiger partial charge is 0.389 e. The van der Waals surface area contributed by atoms with Gasteiger partial charge in [-0.1, -0.05) is 29.8 Å². The van der Waals surface area contributed by atoms with Crippen molar-refractivity contribution in [2.24, 2.45) is 0 Å². The maximum atomic E-state index is 13.2. The normalized spacial score (nSPS) is 11.1. The first-order valence-corrected chi connectivity index (χ1v) is 6.81. The number of rotatable bonds is 2. The average molecular weight is 315 g/mol. The van der Waals surface area contributed by atoms with Crippen LogP contribution in [0.5, 0.6) is 0 Å². The zero-order valence-corrected chi connectivity index (χ0v) is 11.9. The van der Waals surface area contributed by atoms with Crippen molar-refractivity contribution in [3.05, 3.63) is 33.5 Å². The third-order valence-corrected chi connectivity index (χ3v) is 4.22. The predicted molar refractivity (Wildman–Crippen MR) is 73.7 cm³/mol. The van der Waals surface area contributed by atoms with Crippen molar-refractivity contribution < 1.29 is 4.39 Å². The molecular formula is C12H12BrFN2S. The smallest absolute Gasteiger partial charge is 0.123 e. The summed E-state index contributed by atoms with van der Waals surface area (Å²) in [5, 5.41) is 1.59. The number of hydrogen-bond donors (Lipinski definition) is 1. The van der Waals surface area contributed by atoms with E-state index in [0.717, 1.165) is 9.48 Å². The molecule has 0 bridgehead atoms. The molecule has 0 unspecified atom stereocenters. The van der Waals surface area contributed by atoms with E-state index in [9.17, 15) is 4.39 Å². The number of nitrogen functional groups attached to an aromatic ring is 1. The standard InChI is InChI=1S/C12H12BrFN2S/c1-6(2)12-16-10(11(15)17-12)8-5-7(14)3-4-9(8)13/h3-6H,15H2,1-2H3. The molecule has 0 spiro atoms. The van der Waals surface area contributed by atoms with E-state index >= 15 is 0 Å². The number of thiazole rings is 1. The molecule has 0 radical (unpaired) electrons. The lowest BCUT2D eigenvalue weighted by molar-refractivity contribution is 0.628. The quantitative estimate of drug-likeness (QED) is 0.891. The second-order valence-corrected chi connectivity index (χ2v) is 5.96. The van der Waals surface area contributed by atoms with Crippen LogP contribution < -0.4 is 5.73 Å². The van der Waals surface area contributed by atoms with Gasteiger partial charge in [-0.2, -0.15) is 0 Å². The average Bonchev–Trinajstić information content (AvgIpc) is 2.64. The van der Waals surface area contributed by atoms with Gasteiger partial charge in [0, 0.05) is 16.0 Å². The summed E-state index contributed by atoms with van der Waals surface area (Å²) < 4.78 is 14.0. The molecule has 0 atom stereocenters. The summed E-state index contributed by atoms with van der Waals surface area (Å²) in [5.41, 5.74) is 7.30. The van der Waals surface area contributed by atoms with Crippen LogP contribution in [0.3, 0.4) is 0 Å². The Balaban J connectivity index is 2.56. The molecule has 0 amide bonds. The van der Waals surface area contributed by atoms with Crippen LogP contribution in [0.4, 0.5) is 9.39 Å².